The Hall–Kier alpha value is -3.28. The van der Waals surface area contributed by atoms with E-state index in [1.807, 2.05) is 26.0 Å². The SMILES string of the molecule is COC(=O)C1C(=O)NC(SCC(=O)Nc2cc(Cl)ccc2C)=C(C#N)C1c1ccc(C)cc1. The Morgan fingerprint density at radius 1 is 1.21 bits per heavy atom. The molecule has 1 aliphatic rings. The molecule has 3 rings (SSSR count). The van der Waals surface area contributed by atoms with Crippen LogP contribution in [0.15, 0.2) is 53.1 Å². The van der Waals surface area contributed by atoms with Gasteiger partial charge in [-0.05, 0) is 37.1 Å². The lowest BCUT2D eigenvalue weighted by Gasteiger charge is -2.31. The average Bonchev–Trinajstić information content (AvgIpc) is 2.79. The van der Waals surface area contributed by atoms with Crippen molar-refractivity contribution in [2.75, 3.05) is 18.2 Å². The van der Waals surface area contributed by atoms with Gasteiger partial charge in [-0.1, -0.05) is 59.3 Å². The Balaban J connectivity index is 1.89. The number of benzene rings is 2. The quantitative estimate of drug-likeness (QED) is 0.473. The summed E-state index contributed by atoms with van der Waals surface area (Å²) in [5.41, 5.74) is 3.27. The molecule has 7 nitrogen and oxygen atoms in total. The summed E-state index contributed by atoms with van der Waals surface area (Å²) in [7, 11) is 1.20. The Bertz CT molecular complexity index is 1170. The summed E-state index contributed by atoms with van der Waals surface area (Å²) in [6.07, 6.45) is 0. The molecule has 0 aromatic heterocycles. The molecule has 170 valence electrons. The van der Waals surface area contributed by atoms with Gasteiger partial charge in [0, 0.05) is 16.6 Å². The summed E-state index contributed by atoms with van der Waals surface area (Å²) >= 11 is 7.03. The van der Waals surface area contributed by atoms with Gasteiger partial charge in [-0.2, -0.15) is 5.26 Å². The van der Waals surface area contributed by atoms with Crippen LogP contribution in [0.1, 0.15) is 22.6 Å². The maximum Gasteiger partial charge on any atom is 0.319 e. The molecule has 0 saturated heterocycles. The third-order valence-corrected chi connectivity index (χ3v) is 6.49. The van der Waals surface area contributed by atoms with Crippen LogP contribution in [0.25, 0.3) is 0 Å². The topological polar surface area (TPSA) is 108 Å². The number of rotatable bonds is 6. The van der Waals surface area contributed by atoms with Gasteiger partial charge in [0.05, 0.1) is 29.5 Å². The minimum Gasteiger partial charge on any atom is -0.468 e. The van der Waals surface area contributed by atoms with Gasteiger partial charge in [0.1, 0.15) is 5.92 Å². The van der Waals surface area contributed by atoms with Crippen LogP contribution in [0.4, 0.5) is 5.69 Å². The molecule has 2 amide bonds. The normalized spacial score (nSPS) is 17.7. The predicted molar refractivity (Wildman–Crippen MR) is 127 cm³/mol. The molecule has 1 aliphatic heterocycles. The molecule has 0 aliphatic carbocycles. The zero-order valence-corrected chi connectivity index (χ0v) is 19.8. The van der Waals surface area contributed by atoms with Crippen LogP contribution in [0.3, 0.4) is 0 Å². The number of halogens is 1. The van der Waals surface area contributed by atoms with Crippen LogP contribution >= 0.6 is 23.4 Å². The standard InChI is InChI=1S/C24H22ClN3O4S/c1-13-4-7-15(8-5-13)20-17(11-26)23(28-22(30)21(20)24(31)32-3)33-12-19(29)27-18-10-16(25)9-6-14(18)2/h4-10,20-21H,12H2,1-3H3,(H,27,29)(H,28,30). The number of nitrogens with zero attached hydrogens (tertiary/aromatic N) is 1. The number of carbonyl (C=O) groups excluding carboxylic acids is 3. The molecular formula is C24H22ClN3O4S. The number of anilines is 1. The third-order valence-electron chi connectivity index (χ3n) is 5.24. The molecule has 0 bridgehead atoms. The second-order valence-corrected chi connectivity index (χ2v) is 8.95. The summed E-state index contributed by atoms with van der Waals surface area (Å²) in [5, 5.41) is 16.1. The van der Waals surface area contributed by atoms with Crippen molar-refractivity contribution in [2.45, 2.75) is 19.8 Å². The Kier molecular flexibility index (Phi) is 7.79. The fourth-order valence-electron chi connectivity index (χ4n) is 3.51. The fraction of sp³-hybridized carbons (Fsp3) is 0.250. The highest BCUT2D eigenvalue weighted by Crippen LogP contribution is 2.40. The highest BCUT2D eigenvalue weighted by atomic mass is 35.5. The molecule has 2 N–H and O–H groups in total. The van der Waals surface area contributed by atoms with Crippen molar-refractivity contribution in [1.82, 2.24) is 5.32 Å². The molecule has 2 aromatic rings. The number of amides is 2. The Labute approximate surface area is 201 Å². The molecule has 9 heteroatoms. The number of ether oxygens (including phenoxy) is 1. The maximum absolute atomic E-state index is 12.9. The first kappa shape index (κ1) is 24.4. The van der Waals surface area contributed by atoms with Crippen molar-refractivity contribution < 1.29 is 19.1 Å². The smallest absolute Gasteiger partial charge is 0.319 e. The van der Waals surface area contributed by atoms with E-state index in [0.717, 1.165) is 22.9 Å². The van der Waals surface area contributed by atoms with Gasteiger partial charge >= 0.3 is 5.97 Å². The van der Waals surface area contributed by atoms with E-state index in [2.05, 4.69) is 16.7 Å². The molecule has 2 unspecified atom stereocenters. The first-order valence-corrected chi connectivity index (χ1v) is 11.4. The molecule has 2 atom stereocenters. The number of thioether (sulfide) groups is 1. The monoisotopic (exact) mass is 483 g/mol. The Morgan fingerprint density at radius 2 is 1.91 bits per heavy atom. The lowest BCUT2D eigenvalue weighted by Crippen LogP contribution is -2.44. The lowest BCUT2D eigenvalue weighted by atomic mass is 9.78. The molecule has 33 heavy (non-hydrogen) atoms. The molecule has 0 saturated carbocycles. The number of aryl methyl sites for hydroxylation is 2. The van der Waals surface area contributed by atoms with Crippen LogP contribution < -0.4 is 10.6 Å². The predicted octanol–water partition coefficient (Wildman–Crippen LogP) is 4.07. The first-order valence-electron chi connectivity index (χ1n) is 10.0. The van der Waals surface area contributed by atoms with Crippen LogP contribution in [-0.2, 0) is 19.1 Å². The van der Waals surface area contributed by atoms with Crippen LogP contribution in [-0.4, -0.2) is 30.6 Å². The van der Waals surface area contributed by atoms with E-state index in [9.17, 15) is 19.6 Å². The van der Waals surface area contributed by atoms with E-state index >= 15 is 0 Å². The summed E-state index contributed by atoms with van der Waals surface area (Å²) in [6, 6.07) is 14.5. The van der Waals surface area contributed by atoms with Gasteiger partial charge in [0.25, 0.3) is 0 Å². The Morgan fingerprint density at radius 3 is 2.55 bits per heavy atom. The van der Waals surface area contributed by atoms with Crippen LogP contribution in [0.2, 0.25) is 5.02 Å². The van der Waals surface area contributed by atoms with Crippen molar-refractivity contribution in [3.05, 3.63) is 74.8 Å². The highest BCUT2D eigenvalue weighted by Gasteiger charge is 2.44. The van der Waals surface area contributed by atoms with Gasteiger partial charge in [-0.25, -0.2) is 0 Å². The van der Waals surface area contributed by atoms with Gasteiger partial charge in [-0.15, -0.1) is 0 Å². The average molecular weight is 484 g/mol. The van der Waals surface area contributed by atoms with E-state index in [-0.39, 0.29) is 22.3 Å². The van der Waals surface area contributed by atoms with E-state index in [0.29, 0.717) is 16.3 Å². The van der Waals surface area contributed by atoms with Gasteiger partial charge in [0.15, 0.2) is 0 Å². The van der Waals surface area contributed by atoms with Gasteiger partial charge in [0.2, 0.25) is 11.8 Å². The molecule has 2 aromatic carbocycles. The minimum absolute atomic E-state index is 0.0593. The van der Waals surface area contributed by atoms with Crippen LogP contribution in [0.5, 0.6) is 0 Å². The van der Waals surface area contributed by atoms with Crippen molar-refractivity contribution in [2.24, 2.45) is 5.92 Å². The number of allylic oxidation sites excluding steroid dienone is 1. The molecule has 1 heterocycles. The highest BCUT2D eigenvalue weighted by molar-refractivity contribution is 8.03. The van der Waals surface area contributed by atoms with E-state index in [1.54, 1.807) is 30.3 Å². The van der Waals surface area contributed by atoms with Crippen molar-refractivity contribution in [3.8, 4) is 6.07 Å². The van der Waals surface area contributed by atoms with E-state index in [4.69, 9.17) is 16.3 Å². The number of carbonyl (C=O) groups is 3. The molecule has 0 spiro atoms. The molecule has 0 radical (unpaired) electrons. The number of hydrogen-bond acceptors (Lipinski definition) is 6. The van der Waals surface area contributed by atoms with Crippen LogP contribution in [0, 0.1) is 31.1 Å². The number of nitriles is 1. The largest absolute Gasteiger partial charge is 0.468 e. The molecular weight excluding hydrogens is 462 g/mol. The van der Waals surface area contributed by atoms with Gasteiger partial charge in [-0.3, -0.25) is 14.4 Å². The summed E-state index contributed by atoms with van der Waals surface area (Å²) in [6.45, 7) is 3.76. The van der Waals surface area contributed by atoms with Crippen molar-refractivity contribution in [1.29, 1.82) is 5.26 Å². The summed E-state index contributed by atoms with van der Waals surface area (Å²) < 4.78 is 4.84. The minimum atomic E-state index is -1.21. The zero-order chi connectivity index (χ0) is 24.1. The number of hydrogen-bond donors (Lipinski definition) is 2. The first-order chi connectivity index (χ1) is 15.7. The maximum atomic E-state index is 12.9. The second kappa shape index (κ2) is 10.6. The van der Waals surface area contributed by atoms with E-state index in [1.165, 1.54) is 7.11 Å². The second-order valence-electron chi connectivity index (χ2n) is 7.53. The number of esters is 1. The number of methoxy groups -OCH3 is 1. The molecule has 0 fully saturated rings. The fourth-order valence-corrected chi connectivity index (χ4v) is 4.53. The summed E-state index contributed by atoms with van der Waals surface area (Å²) in [4.78, 5) is 37.8. The zero-order valence-electron chi connectivity index (χ0n) is 18.3. The van der Waals surface area contributed by atoms with Crippen molar-refractivity contribution >= 4 is 46.8 Å². The van der Waals surface area contributed by atoms with E-state index < -0.39 is 23.7 Å². The number of nitrogens with one attached hydrogen (secondary N) is 2. The lowest BCUT2D eigenvalue weighted by molar-refractivity contribution is -0.150. The van der Waals surface area contributed by atoms with Gasteiger partial charge < -0.3 is 15.4 Å². The summed E-state index contributed by atoms with van der Waals surface area (Å²) in [5.74, 6) is -3.73. The third kappa shape index (κ3) is 5.56. The van der Waals surface area contributed by atoms with Crippen molar-refractivity contribution in [3.63, 3.8) is 0 Å².